The van der Waals surface area contributed by atoms with Crippen molar-refractivity contribution in [3.05, 3.63) is 42.8 Å². The number of rotatable bonds is 1. The molecule has 6 rings (SSSR count). The van der Waals surface area contributed by atoms with E-state index in [0.29, 0.717) is 0 Å². The Bertz CT molecular complexity index is 1110. The van der Waals surface area contributed by atoms with Crippen LogP contribution in [0.4, 0.5) is 0 Å². The van der Waals surface area contributed by atoms with Gasteiger partial charge in [-0.25, -0.2) is 0 Å². The second kappa shape index (κ2) is 5.73. The second-order valence-electron chi connectivity index (χ2n) is 7.90. The first-order valence-electron chi connectivity index (χ1n) is 9.07. The highest BCUT2D eigenvalue weighted by atomic mass is 79.9. The highest BCUT2D eigenvalue weighted by molar-refractivity contribution is 9.10. The third-order valence-corrected chi connectivity index (χ3v) is 9.86. The van der Waals surface area contributed by atoms with Gasteiger partial charge in [0.25, 0.3) is 0 Å². The summed E-state index contributed by atoms with van der Waals surface area (Å²) in [5, 5.41) is 11.6. The molecule has 28 heavy (non-hydrogen) atoms. The molecule has 3 fully saturated rings. The molecule has 6 nitrogen and oxygen atoms in total. The number of fused-ring (bicyclic) bond motifs is 9. The summed E-state index contributed by atoms with van der Waals surface area (Å²) in [7, 11) is 0. The highest BCUT2D eigenvalue weighted by Gasteiger charge is 2.69. The summed E-state index contributed by atoms with van der Waals surface area (Å²) in [6.45, 7) is 0. The Kier molecular flexibility index (Phi) is 3.54. The number of H-pyrrole nitrogens is 1. The van der Waals surface area contributed by atoms with Crippen molar-refractivity contribution in [1.82, 2.24) is 4.98 Å². The lowest BCUT2D eigenvalue weighted by Crippen LogP contribution is -2.42. The monoisotopic (exact) mass is 479 g/mol. The van der Waals surface area contributed by atoms with E-state index in [9.17, 15) is 19.5 Å². The number of hydrogen-bond acceptors (Lipinski definition) is 7. The fraction of sp³-hybridized carbons (Fsp3) is 0.421. The van der Waals surface area contributed by atoms with Crippen LogP contribution in [0.3, 0.4) is 0 Å². The number of hydrogen-bond donors (Lipinski definition) is 2. The summed E-state index contributed by atoms with van der Waals surface area (Å²) in [4.78, 5) is 40.5. The Hall–Kier alpha value is -1.58. The second-order valence-corrected chi connectivity index (χ2v) is 11.0. The van der Waals surface area contributed by atoms with Gasteiger partial charge >= 0.3 is 16.8 Å². The summed E-state index contributed by atoms with van der Waals surface area (Å²) in [6, 6.07) is 5.31. The normalized spacial score (nSPS) is 37.5. The Morgan fingerprint density at radius 1 is 1.14 bits per heavy atom. The number of phenols is 1. The van der Waals surface area contributed by atoms with E-state index in [0.717, 1.165) is 26.4 Å². The van der Waals surface area contributed by atoms with E-state index >= 15 is 0 Å². The van der Waals surface area contributed by atoms with Gasteiger partial charge in [-0.15, -0.1) is 11.8 Å². The molecular weight excluding hydrogens is 466 g/mol. The molecule has 0 spiro atoms. The minimum Gasteiger partial charge on any atom is -0.508 e. The van der Waals surface area contributed by atoms with Crippen LogP contribution in [0.2, 0.25) is 0 Å². The fourth-order valence-electron chi connectivity index (χ4n) is 5.94. The number of carbonyl (C=O) groups excluding carboxylic acids is 2. The molecule has 2 N–H and O–H groups in total. The molecule has 144 valence electrons. The van der Waals surface area contributed by atoms with Gasteiger partial charge in [0.1, 0.15) is 5.75 Å². The van der Waals surface area contributed by atoms with Gasteiger partial charge in [0.05, 0.1) is 16.9 Å². The molecule has 1 aromatic heterocycles. The van der Waals surface area contributed by atoms with Crippen molar-refractivity contribution in [3.63, 3.8) is 0 Å². The third kappa shape index (κ3) is 2.12. The standard InChI is InChI=1S/C19H14BrNO5S2/c20-5-1-2-9(22)6(3-5)10-11-7-4-8(13-12(7)17(23)26-18(13)24)14(11)27-16-15(10)28-19(25)21-16/h1-3,7-8,10-14,22H,4H2,(H,21,25)/t7-,8+,10-,11+,12+,13+,14+/m0/s1. The summed E-state index contributed by atoms with van der Waals surface area (Å²) in [5.74, 6) is -1.45. The lowest BCUT2D eigenvalue weighted by atomic mass is 9.68. The largest absolute Gasteiger partial charge is 0.508 e. The molecule has 1 aromatic carbocycles. The van der Waals surface area contributed by atoms with Gasteiger partial charge in [0.15, 0.2) is 0 Å². The Morgan fingerprint density at radius 3 is 2.68 bits per heavy atom. The molecule has 0 radical (unpaired) electrons. The van der Waals surface area contributed by atoms with Gasteiger partial charge in [-0.05, 0) is 42.4 Å². The lowest BCUT2D eigenvalue weighted by Gasteiger charge is -2.42. The summed E-state index contributed by atoms with van der Waals surface area (Å²) in [5.41, 5.74) is 0.753. The zero-order chi connectivity index (χ0) is 19.3. The van der Waals surface area contributed by atoms with Gasteiger partial charge in [0, 0.05) is 26.1 Å². The number of cyclic esters (lactones) is 2. The number of nitrogens with one attached hydrogen (secondary N) is 1. The average molecular weight is 480 g/mol. The number of aromatic hydroxyl groups is 1. The van der Waals surface area contributed by atoms with Crippen molar-refractivity contribution in [2.45, 2.75) is 22.6 Å². The van der Waals surface area contributed by atoms with Gasteiger partial charge < -0.3 is 14.8 Å². The first kappa shape index (κ1) is 17.3. The van der Waals surface area contributed by atoms with Crippen LogP contribution in [0.1, 0.15) is 22.8 Å². The number of phenolic OH excluding ortho intramolecular Hbond substituents is 1. The lowest BCUT2D eigenvalue weighted by molar-refractivity contribution is -0.154. The highest BCUT2D eigenvalue weighted by Crippen LogP contribution is 2.68. The maximum atomic E-state index is 12.4. The molecule has 0 unspecified atom stereocenters. The number of ether oxygens (including phenoxy) is 1. The van der Waals surface area contributed by atoms with E-state index in [1.807, 2.05) is 6.07 Å². The van der Waals surface area contributed by atoms with Crippen molar-refractivity contribution >= 4 is 51.0 Å². The zero-order valence-electron chi connectivity index (χ0n) is 14.3. The van der Waals surface area contributed by atoms with E-state index in [-0.39, 0.29) is 45.5 Å². The predicted molar refractivity (Wildman–Crippen MR) is 105 cm³/mol. The number of thioether (sulfide) groups is 1. The molecule has 1 saturated heterocycles. The van der Waals surface area contributed by atoms with Crippen LogP contribution in [0, 0.1) is 29.6 Å². The van der Waals surface area contributed by atoms with E-state index in [1.54, 1.807) is 23.9 Å². The van der Waals surface area contributed by atoms with Crippen LogP contribution in [0.25, 0.3) is 0 Å². The van der Waals surface area contributed by atoms with Gasteiger partial charge in [-0.1, -0.05) is 27.3 Å². The first-order chi connectivity index (χ1) is 13.4. The molecule has 4 aliphatic rings. The molecule has 0 amide bonds. The topological polar surface area (TPSA) is 96.5 Å². The summed E-state index contributed by atoms with van der Waals surface area (Å²) >= 11 is 6.27. The van der Waals surface area contributed by atoms with Crippen LogP contribution in [0.15, 0.2) is 32.5 Å². The number of thiazole rings is 1. The number of aromatic nitrogens is 1. The number of carbonyl (C=O) groups is 2. The SMILES string of the molecule is O=C1OC(=O)[C@@H]2[C@H]3C[C@H]([C@@H]12)[C@@H]1[C@H](c2cc(Br)ccc2O)c2sc(=O)[nH]c2S[C@H]31. The molecule has 2 bridgehead atoms. The minimum atomic E-state index is -0.406. The van der Waals surface area contributed by atoms with Crippen LogP contribution in [0.5, 0.6) is 5.75 Å². The summed E-state index contributed by atoms with van der Waals surface area (Å²) in [6.07, 6.45) is 0.808. The minimum absolute atomic E-state index is 0.0141. The quantitative estimate of drug-likeness (QED) is 0.481. The van der Waals surface area contributed by atoms with Gasteiger partial charge in [-0.2, -0.15) is 0 Å². The van der Waals surface area contributed by atoms with Crippen LogP contribution >= 0.6 is 39.0 Å². The average Bonchev–Trinajstić information content (AvgIpc) is 3.36. The van der Waals surface area contributed by atoms with Crippen LogP contribution in [-0.2, 0) is 14.3 Å². The molecule has 2 aromatic rings. The van der Waals surface area contributed by atoms with Crippen LogP contribution < -0.4 is 4.87 Å². The van der Waals surface area contributed by atoms with Gasteiger partial charge in [-0.3, -0.25) is 14.4 Å². The van der Waals surface area contributed by atoms with Crippen molar-refractivity contribution < 1.29 is 19.4 Å². The first-order valence-corrected chi connectivity index (χ1v) is 11.6. The van der Waals surface area contributed by atoms with Crippen molar-refractivity contribution in [2.75, 3.05) is 0 Å². The molecule has 2 aliphatic carbocycles. The van der Waals surface area contributed by atoms with Crippen LogP contribution in [-0.4, -0.2) is 27.3 Å². The number of aromatic amines is 1. The van der Waals surface area contributed by atoms with E-state index in [1.165, 1.54) is 11.3 Å². The maximum Gasteiger partial charge on any atom is 0.317 e. The number of esters is 2. The molecule has 9 heteroatoms. The fourth-order valence-corrected chi connectivity index (χ4v) is 9.20. The summed E-state index contributed by atoms with van der Waals surface area (Å²) < 4.78 is 5.82. The van der Waals surface area contributed by atoms with Crippen molar-refractivity contribution in [3.8, 4) is 5.75 Å². The van der Waals surface area contributed by atoms with Crippen molar-refractivity contribution in [2.24, 2.45) is 29.6 Å². The Labute approximate surface area is 175 Å². The van der Waals surface area contributed by atoms with Gasteiger partial charge in [0.2, 0.25) is 0 Å². The molecule has 2 saturated carbocycles. The smallest absolute Gasteiger partial charge is 0.317 e. The Balaban J connectivity index is 1.55. The molecule has 3 heterocycles. The Morgan fingerprint density at radius 2 is 1.89 bits per heavy atom. The van der Waals surface area contributed by atoms with E-state index in [4.69, 9.17) is 4.74 Å². The zero-order valence-corrected chi connectivity index (χ0v) is 17.5. The van der Waals surface area contributed by atoms with E-state index < -0.39 is 17.9 Å². The predicted octanol–water partition coefficient (Wildman–Crippen LogP) is 3.09. The number of benzene rings is 1. The van der Waals surface area contributed by atoms with Crippen molar-refractivity contribution in [1.29, 1.82) is 0 Å². The molecule has 2 aliphatic heterocycles. The number of halogens is 1. The molecular formula is C19H14BrNO5S2. The van der Waals surface area contributed by atoms with E-state index in [2.05, 4.69) is 20.9 Å². The maximum absolute atomic E-state index is 12.4. The molecule has 7 atom stereocenters. The third-order valence-electron chi connectivity index (χ3n) is 6.78.